The molecule has 2 aromatic rings. The molecule has 1 fully saturated rings. The van der Waals surface area contributed by atoms with Crippen LogP contribution in [-0.2, 0) is 12.8 Å². The second-order valence-electron chi connectivity index (χ2n) is 7.27. The molecule has 2 unspecified atom stereocenters. The molecule has 1 amide bonds. The highest BCUT2D eigenvalue weighted by molar-refractivity contribution is 6.36. The predicted molar refractivity (Wildman–Crippen MR) is 101 cm³/mol. The number of piperazine rings is 1. The molecule has 4 rings (SSSR count). The third kappa shape index (κ3) is 2.91. The number of rotatable bonds is 1. The van der Waals surface area contributed by atoms with Crippen molar-refractivity contribution in [2.45, 2.75) is 51.6 Å². The lowest BCUT2D eigenvalue weighted by molar-refractivity contribution is 0.0603. The summed E-state index contributed by atoms with van der Waals surface area (Å²) in [7, 11) is 0. The number of hydrogen-bond acceptors (Lipinski definition) is 3. The van der Waals surface area contributed by atoms with Gasteiger partial charge in [-0.3, -0.25) is 9.78 Å². The normalized spacial score (nSPS) is 23.6. The third-order valence-electron chi connectivity index (χ3n) is 5.74. The van der Waals surface area contributed by atoms with E-state index in [1.54, 1.807) is 0 Å². The van der Waals surface area contributed by atoms with Crippen LogP contribution in [-0.4, -0.2) is 41.0 Å². The van der Waals surface area contributed by atoms with Crippen molar-refractivity contribution in [3.63, 3.8) is 0 Å². The molecule has 1 aromatic carbocycles. The summed E-state index contributed by atoms with van der Waals surface area (Å²) >= 11 is 6.64. The molecule has 132 valence electrons. The number of hydrogen-bond donors (Lipinski definition) is 1. The van der Waals surface area contributed by atoms with E-state index < -0.39 is 0 Å². The van der Waals surface area contributed by atoms with Crippen LogP contribution in [0.5, 0.6) is 0 Å². The molecule has 1 aliphatic carbocycles. The van der Waals surface area contributed by atoms with Gasteiger partial charge in [0.05, 0.1) is 10.5 Å². The zero-order valence-electron chi connectivity index (χ0n) is 14.8. The van der Waals surface area contributed by atoms with Crippen LogP contribution in [0.2, 0.25) is 5.02 Å². The number of amides is 1. The number of carbonyl (C=O) groups is 1. The lowest BCUT2D eigenvalue weighted by Gasteiger charge is -2.38. The molecule has 25 heavy (non-hydrogen) atoms. The first-order valence-corrected chi connectivity index (χ1v) is 9.59. The van der Waals surface area contributed by atoms with E-state index in [9.17, 15) is 4.79 Å². The Kier molecular flexibility index (Phi) is 4.42. The van der Waals surface area contributed by atoms with Crippen molar-refractivity contribution in [1.29, 1.82) is 0 Å². The van der Waals surface area contributed by atoms with E-state index in [-0.39, 0.29) is 11.9 Å². The van der Waals surface area contributed by atoms with Gasteiger partial charge in [0.25, 0.3) is 5.91 Å². The van der Waals surface area contributed by atoms with E-state index in [2.05, 4.69) is 19.2 Å². The quantitative estimate of drug-likeness (QED) is 0.848. The van der Waals surface area contributed by atoms with E-state index in [1.807, 2.05) is 23.1 Å². The van der Waals surface area contributed by atoms with Crippen molar-refractivity contribution < 1.29 is 4.79 Å². The molecule has 2 heterocycles. The lowest BCUT2D eigenvalue weighted by atomic mass is 9.94. The van der Waals surface area contributed by atoms with Crippen LogP contribution in [0, 0.1) is 0 Å². The molecule has 1 saturated heterocycles. The maximum absolute atomic E-state index is 13.0. The fraction of sp³-hybridized carbons (Fsp3) is 0.500. The Morgan fingerprint density at radius 1 is 1.28 bits per heavy atom. The summed E-state index contributed by atoms with van der Waals surface area (Å²) in [4.78, 5) is 19.8. The minimum Gasteiger partial charge on any atom is -0.333 e. The van der Waals surface area contributed by atoms with Gasteiger partial charge in [0.15, 0.2) is 0 Å². The zero-order chi connectivity index (χ0) is 17.6. The highest BCUT2D eigenvalue weighted by Gasteiger charge is 2.29. The van der Waals surface area contributed by atoms with Gasteiger partial charge >= 0.3 is 0 Å². The van der Waals surface area contributed by atoms with E-state index in [4.69, 9.17) is 16.6 Å². The molecule has 2 atom stereocenters. The SMILES string of the molecule is CC1NCCN(C(=O)c2ccc3c(Cl)c4c(nc3c2)CCCC4)C1C. The van der Waals surface area contributed by atoms with Gasteiger partial charge in [-0.25, -0.2) is 0 Å². The van der Waals surface area contributed by atoms with Gasteiger partial charge in [0.2, 0.25) is 0 Å². The highest BCUT2D eigenvalue weighted by atomic mass is 35.5. The Hall–Kier alpha value is -1.65. The first-order chi connectivity index (χ1) is 12.1. The van der Waals surface area contributed by atoms with Crippen LogP contribution in [0.4, 0.5) is 0 Å². The fourth-order valence-corrected chi connectivity index (χ4v) is 4.37. The minimum atomic E-state index is 0.0818. The summed E-state index contributed by atoms with van der Waals surface area (Å²) in [5, 5.41) is 5.20. The van der Waals surface area contributed by atoms with Crippen LogP contribution in [0.15, 0.2) is 18.2 Å². The monoisotopic (exact) mass is 357 g/mol. The van der Waals surface area contributed by atoms with Crippen molar-refractivity contribution in [3.8, 4) is 0 Å². The van der Waals surface area contributed by atoms with Crippen molar-refractivity contribution in [3.05, 3.63) is 40.0 Å². The van der Waals surface area contributed by atoms with Gasteiger partial charge in [0, 0.05) is 41.8 Å². The van der Waals surface area contributed by atoms with Gasteiger partial charge < -0.3 is 10.2 Å². The standard InChI is InChI=1S/C20H24ClN3O/c1-12-13(2)24(10-9-22-12)20(25)14-7-8-16-18(11-14)23-17-6-4-3-5-15(17)19(16)21/h7-8,11-13,22H,3-6,9-10H2,1-2H3. The molecule has 1 N–H and O–H groups in total. The molecule has 0 saturated carbocycles. The Labute approximate surface area is 153 Å². The average Bonchev–Trinajstić information content (AvgIpc) is 2.63. The summed E-state index contributed by atoms with van der Waals surface area (Å²) in [5.41, 5.74) is 3.85. The second-order valence-corrected chi connectivity index (χ2v) is 7.65. The number of halogens is 1. The Bertz CT molecular complexity index is 835. The number of aromatic nitrogens is 1. The predicted octanol–water partition coefficient (Wildman–Crippen LogP) is 3.59. The maximum atomic E-state index is 13.0. The molecule has 2 aliphatic rings. The molecule has 4 nitrogen and oxygen atoms in total. The molecule has 0 bridgehead atoms. The van der Waals surface area contributed by atoms with Gasteiger partial charge in [-0.1, -0.05) is 17.7 Å². The molecule has 0 spiro atoms. The summed E-state index contributed by atoms with van der Waals surface area (Å²) < 4.78 is 0. The zero-order valence-corrected chi connectivity index (χ0v) is 15.6. The van der Waals surface area contributed by atoms with Crippen LogP contribution in [0.1, 0.15) is 48.3 Å². The molecular weight excluding hydrogens is 334 g/mol. The van der Waals surface area contributed by atoms with Crippen LogP contribution in [0.3, 0.4) is 0 Å². The van der Waals surface area contributed by atoms with E-state index in [0.717, 1.165) is 54.0 Å². The van der Waals surface area contributed by atoms with Gasteiger partial charge in [0.1, 0.15) is 0 Å². The van der Waals surface area contributed by atoms with Crippen molar-refractivity contribution in [1.82, 2.24) is 15.2 Å². The second kappa shape index (κ2) is 6.58. The fourth-order valence-electron chi connectivity index (χ4n) is 4.01. The number of nitrogens with zero attached hydrogens (tertiary/aromatic N) is 2. The van der Waals surface area contributed by atoms with Crippen LogP contribution in [0.25, 0.3) is 10.9 Å². The first-order valence-electron chi connectivity index (χ1n) is 9.21. The number of benzene rings is 1. The van der Waals surface area contributed by atoms with Gasteiger partial charge in [-0.2, -0.15) is 0 Å². The summed E-state index contributed by atoms with van der Waals surface area (Å²) in [6.07, 6.45) is 4.33. The number of carbonyl (C=O) groups excluding carboxylic acids is 1. The third-order valence-corrected chi connectivity index (χ3v) is 6.17. The average molecular weight is 358 g/mol. The number of aryl methyl sites for hydroxylation is 1. The number of nitrogens with one attached hydrogen (secondary N) is 1. The van der Waals surface area contributed by atoms with Gasteiger partial charge in [-0.15, -0.1) is 0 Å². The van der Waals surface area contributed by atoms with Crippen LogP contribution < -0.4 is 5.32 Å². The van der Waals surface area contributed by atoms with Gasteiger partial charge in [-0.05, 0) is 57.2 Å². The molecular formula is C20H24ClN3O. The number of pyridine rings is 1. The summed E-state index contributed by atoms with van der Waals surface area (Å²) in [5.74, 6) is 0.0818. The molecule has 1 aromatic heterocycles. The number of fused-ring (bicyclic) bond motifs is 2. The van der Waals surface area contributed by atoms with Crippen molar-refractivity contribution in [2.75, 3.05) is 13.1 Å². The maximum Gasteiger partial charge on any atom is 0.254 e. The van der Waals surface area contributed by atoms with E-state index >= 15 is 0 Å². The van der Waals surface area contributed by atoms with Crippen molar-refractivity contribution in [2.24, 2.45) is 0 Å². The molecule has 5 heteroatoms. The Morgan fingerprint density at radius 2 is 2.08 bits per heavy atom. The lowest BCUT2D eigenvalue weighted by Crippen LogP contribution is -2.57. The van der Waals surface area contributed by atoms with E-state index in [0.29, 0.717) is 11.6 Å². The first kappa shape index (κ1) is 16.8. The largest absolute Gasteiger partial charge is 0.333 e. The van der Waals surface area contributed by atoms with Crippen LogP contribution >= 0.6 is 11.6 Å². The van der Waals surface area contributed by atoms with Crippen molar-refractivity contribution >= 4 is 28.4 Å². The molecule has 1 aliphatic heterocycles. The van der Waals surface area contributed by atoms with E-state index in [1.165, 1.54) is 12.0 Å². The molecule has 0 radical (unpaired) electrons. The Balaban J connectivity index is 1.72. The smallest absolute Gasteiger partial charge is 0.254 e. The summed E-state index contributed by atoms with van der Waals surface area (Å²) in [6, 6.07) is 6.25. The summed E-state index contributed by atoms with van der Waals surface area (Å²) in [6.45, 7) is 5.79. The Morgan fingerprint density at radius 3 is 2.92 bits per heavy atom. The topological polar surface area (TPSA) is 45.2 Å². The minimum absolute atomic E-state index is 0.0818. The highest BCUT2D eigenvalue weighted by Crippen LogP contribution is 2.33.